The molecule has 2 aromatic carbocycles. The smallest absolute Gasteiger partial charge is 0.161 e. The van der Waals surface area contributed by atoms with E-state index in [9.17, 15) is 4.39 Å². The van der Waals surface area contributed by atoms with Crippen LogP contribution in [-0.2, 0) is 13.0 Å². The van der Waals surface area contributed by atoms with Crippen molar-refractivity contribution in [1.29, 1.82) is 5.26 Å². The molecule has 0 aliphatic carbocycles. The van der Waals surface area contributed by atoms with Crippen LogP contribution in [0.25, 0.3) is 10.9 Å². The molecule has 28 heavy (non-hydrogen) atoms. The highest BCUT2D eigenvalue weighted by atomic mass is 19.1. The fraction of sp³-hybridized carbons (Fsp3) is 0.318. The number of aromatic amines is 1. The molecule has 1 heterocycles. The molecular formula is C22H24FN3O2. The molecule has 0 aliphatic heterocycles. The van der Waals surface area contributed by atoms with Gasteiger partial charge < -0.3 is 19.8 Å². The molecule has 0 saturated heterocycles. The second-order valence-electron chi connectivity index (χ2n) is 6.53. The minimum atomic E-state index is -0.232. The highest BCUT2D eigenvalue weighted by Gasteiger charge is 2.07. The normalized spacial score (nSPS) is 10.8. The first-order valence-electron chi connectivity index (χ1n) is 9.34. The molecule has 6 heteroatoms. The number of unbranched alkanes of at least 4 members (excludes halogenated alkanes) is 1. The van der Waals surface area contributed by atoms with Crippen LogP contribution in [0.4, 0.5) is 4.39 Å². The summed E-state index contributed by atoms with van der Waals surface area (Å²) in [6.07, 6.45) is 3.95. The van der Waals surface area contributed by atoms with Crippen molar-refractivity contribution in [2.24, 2.45) is 0 Å². The van der Waals surface area contributed by atoms with Gasteiger partial charge in [0.05, 0.1) is 19.8 Å². The number of halogens is 1. The molecule has 0 amide bonds. The molecule has 0 radical (unpaired) electrons. The summed E-state index contributed by atoms with van der Waals surface area (Å²) < 4.78 is 24.4. The first-order chi connectivity index (χ1) is 13.7. The number of nitriles is 1. The summed E-state index contributed by atoms with van der Waals surface area (Å²) >= 11 is 0. The van der Waals surface area contributed by atoms with Crippen LogP contribution in [0.5, 0.6) is 11.5 Å². The average molecular weight is 381 g/mol. The van der Waals surface area contributed by atoms with Crippen LogP contribution >= 0.6 is 0 Å². The number of benzene rings is 2. The van der Waals surface area contributed by atoms with E-state index in [0.717, 1.165) is 29.4 Å². The van der Waals surface area contributed by atoms with Crippen molar-refractivity contribution in [2.45, 2.75) is 25.8 Å². The second-order valence-corrected chi connectivity index (χ2v) is 6.53. The third-order valence-electron chi connectivity index (χ3n) is 4.55. The van der Waals surface area contributed by atoms with E-state index >= 15 is 0 Å². The summed E-state index contributed by atoms with van der Waals surface area (Å²) in [7, 11) is 1.61. The van der Waals surface area contributed by atoms with E-state index in [-0.39, 0.29) is 5.82 Å². The van der Waals surface area contributed by atoms with Gasteiger partial charge in [-0.05, 0) is 60.8 Å². The third kappa shape index (κ3) is 5.02. The highest BCUT2D eigenvalue weighted by molar-refractivity contribution is 5.83. The zero-order valence-electron chi connectivity index (χ0n) is 15.9. The summed E-state index contributed by atoms with van der Waals surface area (Å²) in [5, 5.41) is 13.1. The fourth-order valence-corrected chi connectivity index (χ4v) is 3.10. The van der Waals surface area contributed by atoms with Crippen molar-refractivity contribution in [3.63, 3.8) is 0 Å². The van der Waals surface area contributed by atoms with E-state index < -0.39 is 0 Å². The van der Waals surface area contributed by atoms with Crippen molar-refractivity contribution >= 4 is 10.9 Å². The number of hydrogen-bond donors (Lipinski definition) is 2. The summed E-state index contributed by atoms with van der Waals surface area (Å²) in [6.45, 7) is 1.99. The Bertz CT molecular complexity index is 962. The molecule has 0 atom stereocenters. The van der Waals surface area contributed by atoms with E-state index in [4.69, 9.17) is 14.7 Å². The topological polar surface area (TPSA) is 70.1 Å². The third-order valence-corrected chi connectivity index (χ3v) is 4.55. The van der Waals surface area contributed by atoms with E-state index in [0.29, 0.717) is 37.5 Å². The molecule has 0 bridgehead atoms. The molecular weight excluding hydrogens is 357 g/mol. The van der Waals surface area contributed by atoms with Gasteiger partial charge in [-0.3, -0.25) is 0 Å². The number of rotatable bonds is 10. The molecule has 0 unspecified atom stereocenters. The van der Waals surface area contributed by atoms with Crippen molar-refractivity contribution in [3.05, 3.63) is 59.5 Å². The van der Waals surface area contributed by atoms with Gasteiger partial charge in [0.1, 0.15) is 5.82 Å². The number of H-pyrrole nitrogens is 1. The molecule has 3 rings (SSSR count). The molecule has 0 aliphatic rings. The van der Waals surface area contributed by atoms with Crippen LogP contribution in [0, 0.1) is 17.1 Å². The zero-order valence-corrected chi connectivity index (χ0v) is 15.9. The number of hydrogen-bond acceptors (Lipinski definition) is 4. The van der Waals surface area contributed by atoms with E-state index in [1.54, 1.807) is 7.11 Å². The lowest BCUT2D eigenvalue weighted by Crippen LogP contribution is -2.16. The number of ether oxygens (including phenoxy) is 2. The summed E-state index contributed by atoms with van der Waals surface area (Å²) in [6, 6.07) is 12.8. The maximum absolute atomic E-state index is 13.3. The monoisotopic (exact) mass is 381 g/mol. The lowest BCUT2D eigenvalue weighted by Gasteiger charge is -2.12. The van der Waals surface area contributed by atoms with Crippen LogP contribution in [0.2, 0.25) is 0 Å². The van der Waals surface area contributed by atoms with Crippen LogP contribution in [-0.4, -0.2) is 25.2 Å². The standard InChI is InChI=1S/C22H24FN3O2/c1-27-21-7-4-16(12-22(21)28-11-3-2-9-24)14-25-10-8-17-15-26-20-13-18(23)5-6-19(17)20/h4-7,12-13,15,25-26H,2-3,8,10-11,14H2,1H3. The zero-order chi connectivity index (χ0) is 19.8. The first kappa shape index (κ1) is 19.7. The van der Waals surface area contributed by atoms with Crippen molar-refractivity contribution in [1.82, 2.24) is 10.3 Å². The molecule has 146 valence electrons. The number of aromatic nitrogens is 1. The molecule has 0 fully saturated rings. The van der Waals surface area contributed by atoms with Gasteiger partial charge in [0, 0.05) is 30.1 Å². The first-order valence-corrected chi connectivity index (χ1v) is 9.34. The van der Waals surface area contributed by atoms with E-state index in [1.165, 1.54) is 17.7 Å². The maximum atomic E-state index is 13.3. The van der Waals surface area contributed by atoms with E-state index in [1.807, 2.05) is 30.5 Å². The van der Waals surface area contributed by atoms with Gasteiger partial charge in [-0.25, -0.2) is 4.39 Å². The Labute approximate surface area is 164 Å². The molecule has 2 N–H and O–H groups in total. The second kappa shape index (κ2) is 9.77. The molecule has 5 nitrogen and oxygen atoms in total. The average Bonchev–Trinajstić information content (AvgIpc) is 3.10. The van der Waals surface area contributed by atoms with Gasteiger partial charge in [0.15, 0.2) is 11.5 Å². The Balaban J connectivity index is 1.53. The van der Waals surface area contributed by atoms with Gasteiger partial charge in [0.25, 0.3) is 0 Å². The van der Waals surface area contributed by atoms with Gasteiger partial charge in [-0.15, -0.1) is 0 Å². The van der Waals surface area contributed by atoms with Crippen LogP contribution < -0.4 is 14.8 Å². The summed E-state index contributed by atoms with van der Waals surface area (Å²) in [5.41, 5.74) is 3.08. The van der Waals surface area contributed by atoms with Crippen molar-refractivity contribution in [2.75, 3.05) is 20.3 Å². The predicted molar refractivity (Wildman–Crippen MR) is 107 cm³/mol. The Morgan fingerprint density at radius 3 is 2.89 bits per heavy atom. The number of nitrogens with one attached hydrogen (secondary N) is 2. The lowest BCUT2D eigenvalue weighted by molar-refractivity contribution is 0.290. The Kier molecular flexibility index (Phi) is 6.88. The number of nitrogens with zero attached hydrogens (tertiary/aromatic N) is 1. The Morgan fingerprint density at radius 1 is 1.18 bits per heavy atom. The quantitative estimate of drug-likeness (QED) is 0.513. The highest BCUT2D eigenvalue weighted by Crippen LogP contribution is 2.28. The Morgan fingerprint density at radius 2 is 2.07 bits per heavy atom. The molecule has 0 spiro atoms. The number of methoxy groups -OCH3 is 1. The van der Waals surface area contributed by atoms with Gasteiger partial charge in [-0.1, -0.05) is 6.07 Å². The lowest BCUT2D eigenvalue weighted by atomic mass is 10.1. The fourth-order valence-electron chi connectivity index (χ4n) is 3.10. The molecule has 3 aromatic rings. The minimum absolute atomic E-state index is 0.232. The van der Waals surface area contributed by atoms with Gasteiger partial charge in [-0.2, -0.15) is 5.26 Å². The Hall–Kier alpha value is -3.04. The van der Waals surface area contributed by atoms with Crippen LogP contribution in [0.1, 0.15) is 24.0 Å². The van der Waals surface area contributed by atoms with Gasteiger partial charge >= 0.3 is 0 Å². The predicted octanol–water partition coefficient (Wildman–Crippen LogP) is 4.33. The minimum Gasteiger partial charge on any atom is -0.493 e. The maximum Gasteiger partial charge on any atom is 0.161 e. The van der Waals surface area contributed by atoms with Crippen molar-refractivity contribution < 1.29 is 13.9 Å². The van der Waals surface area contributed by atoms with Crippen LogP contribution in [0.3, 0.4) is 0 Å². The summed E-state index contributed by atoms with van der Waals surface area (Å²) in [4.78, 5) is 3.12. The SMILES string of the molecule is COc1ccc(CNCCc2c[nH]c3cc(F)ccc23)cc1OCCCC#N. The molecule has 0 saturated carbocycles. The van der Waals surface area contributed by atoms with Gasteiger partial charge in [0.2, 0.25) is 0 Å². The van der Waals surface area contributed by atoms with E-state index in [2.05, 4.69) is 16.4 Å². The van der Waals surface area contributed by atoms with Crippen LogP contribution in [0.15, 0.2) is 42.6 Å². The van der Waals surface area contributed by atoms with Crippen molar-refractivity contribution in [3.8, 4) is 17.6 Å². The molecule has 1 aromatic heterocycles. The summed E-state index contributed by atoms with van der Waals surface area (Å²) in [5.74, 6) is 1.15. The largest absolute Gasteiger partial charge is 0.493 e. The number of fused-ring (bicyclic) bond motifs is 1.